The zero-order valence-corrected chi connectivity index (χ0v) is 15.7. The van der Waals surface area contributed by atoms with E-state index in [1.807, 2.05) is 32.0 Å². The Balaban J connectivity index is 1.63. The van der Waals surface area contributed by atoms with E-state index in [0.717, 1.165) is 21.8 Å². The normalized spacial score (nSPS) is 19.3. The maximum absolute atomic E-state index is 14.1. The topological polar surface area (TPSA) is 58.6 Å². The molecular weight excluding hydrogens is 347 g/mol. The second kappa shape index (κ2) is 7.39. The van der Waals surface area contributed by atoms with Crippen LogP contribution in [0.2, 0.25) is 0 Å². The minimum Gasteiger partial charge on any atom is -0.493 e. The first-order chi connectivity index (χ1) is 12.8. The SMILES string of the molecule is Cc1ccc(C)c(OCCCN2C(=O)NC(C)(c3ccccc3F)C2=O)c1. The number of nitrogens with one attached hydrogen (secondary N) is 1. The van der Waals surface area contributed by atoms with E-state index in [9.17, 15) is 14.0 Å². The summed E-state index contributed by atoms with van der Waals surface area (Å²) in [6.45, 7) is 6.06. The van der Waals surface area contributed by atoms with Crippen LogP contribution in [-0.2, 0) is 10.3 Å². The molecule has 0 aromatic heterocycles. The third-order valence-corrected chi connectivity index (χ3v) is 4.81. The van der Waals surface area contributed by atoms with Crippen LogP contribution in [0.25, 0.3) is 0 Å². The molecule has 1 heterocycles. The van der Waals surface area contributed by atoms with Crippen molar-refractivity contribution in [3.63, 3.8) is 0 Å². The van der Waals surface area contributed by atoms with Gasteiger partial charge in [-0.1, -0.05) is 30.3 Å². The van der Waals surface area contributed by atoms with E-state index in [0.29, 0.717) is 13.0 Å². The van der Waals surface area contributed by atoms with E-state index < -0.39 is 23.3 Å². The van der Waals surface area contributed by atoms with E-state index in [4.69, 9.17) is 4.74 Å². The van der Waals surface area contributed by atoms with Crippen molar-refractivity contribution in [1.82, 2.24) is 10.2 Å². The van der Waals surface area contributed by atoms with Gasteiger partial charge in [-0.15, -0.1) is 0 Å². The molecular formula is C21H23FN2O3. The lowest BCUT2D eigenvalue weighted by Crippen LogP contribution is -2.41. The lowest BCUT2D eigenvalue weighted by atomic mass is 9.91. The molecule has 3 amide bonds. The zero-order valence-electron chi connectivity index (χ0n) is 15.7. The molecule has 1 aliphatic rings. The molecule has 6 heteroatoms. The van der Waals surface area contributed by atoms with Gasteiger partial charge in [0.15, 0.2) is 0 Å². The summed E-state index contributed by atoms with van der Waals surface area (Å²) >= 11 is 0. The second-order valence-corrected chi connectivity index (χ2v) is 6.96. The van der Waals surface area contributed by atoms with Gasteiger partial charge in [0.2, 0.25) is 0 Å². The number of nitrogens with zero attached hydrogens (tertiary/aromatic N) is 1. The number of carbonyl (C=O) groups is 2. The van der Waals surface area contributed by atoms with Crippen LogP contribution < -0.4 is 10.1 Å². The van der Waals surface area contributed by atoms with Gasteiger partial charge in [0, 0.05) is 12.1 Å². The molecule has 1 aliphatic heterocycles. The number of carbonyl (C=O) groups excluding carboxylic acids is 2. The maximum atomic E-state index is 14.1. The summed E-state index contributed by atoms with van der Waals surface area (Å²) in [6.07, 6.45) is 0.486. The number of amides is 3. The minimum atomic E-state index is -1.39. The molecule has 0 bridgehead atoms. The van der Waals surface area contributed by atoms with Gasteiger partial charge in [-0.3, -0.25) is 9.69 Å². The number of rotatable bonds is 6. The molecule has 1 atom stereocenters. The number of urea groups is 1. The molecule has 27 heavy (non-hydrogen) atoms. The Morgan fingerprint density at radius 3 is 2.63 bits per heavy atom. The lowest BCUT2D eigenvalue weighted by molar-refractivity contribution is -0.131. The molecule has 1 fully saturated rings. The van der Waals surface area contributed by atoms with Gasteiger partial charge in [-0.05, 0) is 50.5 Å². The van der Waals surface area contributed by atoms with Crippen molar-refractivity contribution in [3.05, 3.63) is 65.0 Å². The number of ether oxygens (including phenoxy) is 1. The first-order valence-corrected chi connectivity index (χ1v) is 8.92. The van der Waals surface area contributed by atoms with Gasteiger partial charge >= 0.3 is 6.03 Å². The van der Waals surface area contributed by atoms with Crippen molar-refractivity contribution in [2.45, 2.75) is 32.7 Å². The van der Waals surface area contributed by atoms with Crippen LogP contribution in [0.15, 0.2) is 42.5 Å². The highest BCUT2D eigenvalue weighted by Crippen LogP contribution is 2.30. The van der Waals surface area contributed by atoms with E-state index >= 15 is 0 Å². The van der Waals surface area contributed by atoms with Crippen LogP contribution >= 0.6 is 0 Å². The number of imide groups is 1. The van der Waals surface area contributed by atoms with Gasteiger partial charge in [-0.25, -0.2) is 9.18 Å². The zero-order chi connectivity index (χ0) is 19.6. The molecule has 1 saturated heterocycles. The molecule has 1 N–H and O–H groups in total. The fraction of sp³-hybridized carbons (Fsp3) is 0.333. The summed E-state index contributed by atoms with van der Waals surface area (Å²) in [5, 5.41) is 2.62. The third-order valence-electron chi connectivity index (χ3n) is 4.81. The van der Waals surface area contributed by atoms with E-state index in [1.165, 1.54) is 19.1 Å². The van der Waals surface area contributed by atoms with Crippen molar-refractivity contribution in [2.24, 2.45) is 0 Å². The molecule has 3 rings (SSSR count). The van der Waals surface area contributed by atoms with Crippen molar-refractivity contribution < 1.29 is 18.7 Å². The lowest BCUT2D eigenvalue weighted by Gasteiger charge is -2.22. The number of halogens is 1. The Morgan fingerprint density at radius 2 is 1.89 bits per heavy atom. The monoisotopic (exact) mass is 370 g/mol. The fourth-order valence-corrected chi connectivity index (χ4v) is 3.22. The Hall–Kier alpha value is -2.89. The predicted molar refractivity (Wildman–Crippen MR) is 100 cm³/mol. The summed E-state index contributed by atoms with van der Waals surface area (Å²) in [5.41, 5.74) is 0.904. The maximum Gasteiger partial charge on any atom is 0.325 e. The summed E-state index contributed by atoms with van der Waals surface area (Å²) in [4.78, 5) is 26.2. The highest BCUT2D eigenvalue weighted by Gasteiger charge is 2.49. The highest BCUT2D eigenvalue weighted by atomic mass is 19.1. The smallest absolute Gasteiger partial charge is 0.325 e. The van der Waals surface area contributed by atoms with Crippen LogP contribution in [-0.4, -0.2) is 30.0 Å². The van der Waals surface area contributed by atoms with Gasteiger partial charge in [0.05, 0.1) is 6.61 Å². The molecule has 142 valence electrons. The average Bonchev–Trinajstić information content (AvgIpc) is 2.85. The van der Waals surface area contributed by atoms with Crippen molar-refractivity contribution >= 4 is 11.9 Å². The molecule has 2 aromatic carbocycles. The quantitative estimate of drug-likeness (QED) is 0.623. The number of hydrogen-bond acceptors (Lipinski definition) is 3. The van der Waals surface area contributed by atoms with Crippen LogP contribution in [0.3, 0.4) is 0 Å². The van der Waals surface area contributed by atoms with Gasteiger partial charge in [0.25, 0.3) is 5.91 Å². The summed E-state index contributed by atoms with van der Waals surface area (Å²) in [5.74, 6) is -0.179. The Morgan fingerprint density at radius 1 is 1.15 bits per heavy atom. The van der Waals surface area contributed by atoms with Crippen LogP contribution in [0.1, 0.15) is 30.0 Å². The number of benzene rings is 2. The van der Waals surface area contributed by atoms with E-state index in [1.54, 1.807) is 12.1 Å². The Labute approximate surface area is 158 Å². The van der Waals surface area contributed by atoms with E-state index in [2.05, 4.69) is 5.32 Å². The van der Waals surface area contributed by atoms with E-state index in [-0.39, 0.29) is 12.1 Å². The Bertz CT molecular complexity index is 883. The largest absolute Gasteiger partial charge is 0.493 e. The van der Waals surface area contributed by atoms with Crippen LogP contribution in [0.4, 0.5) is 9.18 Å². The summed E-state index contributed by atoms with van der Waals surface area (Å²) in [7, 11) is 0. The molecule has 0 aliphatic carbocycles. The summed E-state index contributed by atoms with van der Waals surface area (Å²) in [6, 6.07) is 11.4. The molecule has 0 saturated carbocycles. The van der Waals surface area contributed by atoms with Gasteiger partial charge < -0.3 is 10.1 Å². The summed E-state index contributed by atoms with van der Waals surface area (Å²) < 4.78 is 19.9. The third kappa shape index (κ3) is 3.65. The first kappa shape index (κ1) is 18.9. The fourth-order valence-electron chi connectivity index (χ4n) is 3.22. The number of hydrogen-bond donors (Lipinski definition) is 1. The Kier molecular flexibility index (Phi) is 5.17. The number of aryl methyl sites for hydroxylation is 2. The molecule has 5 nitrogen and oxygen atoms in total. The van der Waals surface area contributed by atoms with Crippen LogP contribution in [0.5, 0.6) is 5.75 Å². The van der Waals surface area contributed by atoms with Crippen LogP contribution in [0, 0.1) is 19.7 Å². The predicted octanol–water partition coefficient (Wildman–Crippen LogP) is 3.68. The second-order valence-electron chi connectivity index (χ2n) is 6.96. The highest BCUT2D eigenvalue weighted by molar-refractivity contribution is 6.07. The minimum absolute atomic E-state index is 0.164. The molecule has 0 radical (unpaired) electrons. The molecule has 2 aromatic rings. The van der Waals surface area contributed by atoms with Gasteiger partial charge in [-0.2, -0.15) is 0 Å². The standard InChI is InChI=1S/C21H23FN2O3/c1-14-9-10-15(2)18(13-14)27-12-6-11-24-19(25)21(3,23-20(24)26)16-7-4-5-8-17(16)22/h4-5,7-10,13H,6,11-12H2,1-3H3,(H,23,26). The average molecular weight is 370 g/mol. The molecule has 0 spiro atoms. The van der Waals surface area contributed by atoms with Crippen molar-refractivity contribution in [1.29, 1.82) is 0 Å². The molecule has 1 unspecified atom stereocenters. The van der Waals surface area contributed by atoms with Crippen molar-refractivity contribution in [3.8, 4) is 5.75 Å². The van der Waals surface area contributed by atoms with Gasteiger partial charge in [0.1, 0.15) is 17.1 Å². The first-order valence-electron chi connectivity index (χ1n) is 8.92. The van der Waals surface area contributed by atoms with Crippen molar-refractivity contribution in [2.75, 3.05) is 13.2 Å².